The van der Waals surface area contributed by atoms with Gasteiger partial charge < -0.3 is 10.1 Å². The molecular formula is C18H27NO. The molecule has 1 aliphatic heterocycles. The van der Waals surface area contributed by atoms with E-state index in [1.54, 1.807) is 0 Å². The zero-order chi connectivity index (χ0) is 13.8. The molecule has 2 aliphatic rings. The molecule has 110 valence electrons. The van der Waals surface area contributed by atoms with Crippen molar-refractivity contribution < 1.29 is 4.74 Å². The Kier molecular flexibility index (Phi) is 4.30. The first-order chi connectivity index (χ1) is 9.75. The van der Waals surface area contributed by atoms with E-state index in [4.69, 9.17) is 4.74 Å². The molecule has 1 N–H and O–H groups in total. The summed E-state index contributed by atoms with van der Waals surface area (Å²) in [7, 11) is 0. The average molecular weight is 273 g/mol. The average Bonchev–Trinajstić information content (AvgIpc) is 2.92. The third-order valence-corrected chi connectivity index (χ3v) is 4.96. The van der Waals surface area contributed by atoms with E-state index in [2.05, 4.69) is 30.4 Å². The molecule has 1 heterocycles. The Morgan fingerprint density at radius 3 is 2.90 bits per heavy atom. The van der Waals surface area contributed by atoms with Gasteiger partial charge in [-0.2, -0.15) is 0 Å². The van der Waals surface area contributed by atoms with Crippen molar-refractivity contribution in [1.82, 2.24) is 5.32 Å². The van der Waals surface area contributed by atoms with Crippen molar-refractivity contribution in [3.05, 3.63) is 29.3 Å². The molecule has 0 unspecified atom stereocenters. The van der Waals surface area contributed by atoms with E-state index in [-0.39, 0.29) is 0 Å². The number of hydrogen-bond acceptors (Lipinski definition) is 2. The van der Waals surface area contributed by atoms with Crippen LogP contribution in [0.4, 0.5) is 0 Å². The van der Waals surface area contributed by atoms with Crippen molar-refractivity contribution in [2.75, 3.05) is 19.7 Å². The normalized spacial score (nSPS) is 20.4. The van der Waals surface area contributed by atoms with E-state index >= 15 is 0 Å². The van der Waals surface area contributed by atoms with Gasteiger partial charge in [0.1, 0.15) is 5.75 Å². The monoisotopic (exact) mass is 273 g/mol. The minimum atomic E-state index is 0.546. The molecule has 0 radical (unpaired) electrons. The lowest BCUT2D eigenvalue weighted by Crippen LogP contribution is -2.34. The Balaban J connectivity index is 1.43. The maximum Gasteiger partial charge on any atom is 0.122 e. The Bertz CT molecular complexity index is 449. The molecule has 0 aromatic heterocycles. The fourth-order valence-electron chi connectivity index (χ4n) is 3.60. The molecule has 0 saturated heterocycles. The Morgan fingerprint density at radius 2 is 2.05 bits per heavy atom. The molecule has 0 amide bonds. The predicted molar refractivity (Wildman–Crippen MR) is 83.4 cm³/mol. The Morgan fingerprint density at radius 1 is 1.20 bits per heavy atom. The maximum absolute atomic E-state index is 5.56. The standard InChI is InChI=1S/C18H27NO/c1-18(9-3-2-4-10-18)14-19-11-7-15-5-6-17-16(13-15)8-12-20-17/h5-6,13,19H,2-4,7-12,14H2,1H3. The third kappa shape index (κ3) is 3.35. The van der Waals surface area contributed by atoms with Crippen molar-refractivity contribution in [2.45, 2.75) is 51.9 Å². The molecule has 0 bridgehead atoms. The van der Waals surface area contributed by atoms with Crippen molar-refractivity contribution in [1.29, 1.82) is 0 Å². The fraction of sp³-hybridized carbons (Fsp3) is 0.667. The quantitative estimate of drug-likeness (QED) is 0.826. The van der Waals surface area contributed by atoms with Crippen LogP contribution < -0.4 is 10.1 Å². The third-order valence-electron chi connectivity index (χ3n) is 4.96. The number of rotatable bonds is 5. The van der Waals surface area contributed by atoms with Crippen molar-refractivity contribution in [3.8, 4) is 5.75 Å². The van der Waals surface area contributed by atoms with Crippen LogP contribution in [0.3, 0.4) is 0 Å². The summed E-state index contributed by atoms with van der Waals surface area (Å²) in [4.78, 5) is 0. The molecule has 1 aliphatic carbocycles. The van der Waals surface area contributed by atoms with Gasteiger partial charge in [0.2, 0.25) is 0 Å². The lowest BCUT2D eigenvalue weighted by atomic mass is 9.76. The largest absolute Gasteiger partial charge is 0.493 e. The lowest BCUT2D eigenvalue weighted by Gasteiger charge is -2.33. The van der Waals surface area contributed by atoms with Gasteiger partial charge in [0.05, 0.1) is 6.61 Å². The first kappa shape index (κ1) is 13.9. The highest BCUT2D eigenvalue weighted by atomic mass is 16.5. The van der Waals surface area contributed by atoms with Crippen molar-refractivity contribution >= 4 is 0 Å². The van der Waals surface area contributed by atoms with Gasteiger partial charge in [0, 0.05) is 13.0 Å². The summed E-state index contributed by atoms with van der Waals surface area (Å²) in [6.07, 6.45) is 9.28. The SMILES string of the molecule is CC1(CNCCc2ccc3c(c2)CCO3)CCCCC1. The van der Waals surface area contributed by atoms with Gasteiger partial charge in [-0.15, -0.1) is 0 Å². The van der Waals surface area contributed by atoms with E-state index < -0.39 is 0 Å². The van der Waals surface area contributed by atoms with Crippen LogP contribution in [0.1, 0.15) is 50.2 Å². The van der Waals surface area contributed by atoms with Crippen LogP contribution in [-0.4, -0.2) is 19.7 Å². The number of benzene rings is 1. The molecule has 20 heavy (non-hydrogen) atoms. The molecule has 0 spiro atoms. The summed E-state index contributed by atoms with van der Waals surface area (Å²) in [6, 6.07) is 6.68. The van der Waals surface area contributed by atoms with E-state index in [1.807, 2.05) is 0 Å². The summed E-state index contributed by atoms with van der Waals surface area (Å²) in [5.41, 5.74) is 3.38. The number of ether oxygens (including phenoxy) is 1. The van der Waals surface area contributed by atoms with E-state index in [0.29, 0.717) is 5.41 Å². The molecule has 0 atom stereocenters. The van der Waals surface area contributed by atoms with Gasteiger partial charge in [-0.05, 0) is 48.4 Å². The molecule has 1 aromatic carbocycles. The first-order valence-corrected chi connectivity index (χ1v) is 8.21. The van der Waals surface area contributed by atoms with Gasteiger partial charge in [0.25, 0.3) is 0 Å². The van der Waals surface area contributed by atoms with E-state index in [0.717, 1.165) is 31.7 Å². The van der Waals surface area contributed by atoms with Crippen LogP contribution in [0.5, 0.6) is 5.75 Å². The smallest absolute Gasteiger partial charge is 0.122 e. The van der Waals surface area contributed by atoms with Crippen LogP contribution in [0.15, 0.2) is 18.2 Å². The Hall–Kier alpha value is -1.02. The van der Waals surface area contributed by atoms with Gasteiger partial charge in [-0.1, -0.05) is 38.3 Å². The van der Waals surface area contributed by atoms with Crippen molar-refractivity contribution in [3.63, 3.8) is 0 Å². The number of fused-ring (bicyclic) bond motifs is 1. The first-order valence-electron chi connectivity index (χ1n) is 8.21. The van der Waals surface area contributed by atoms with E-state index in [1.165, 1.54) is 49.8 Å². The molecule has 1 aromatic rings. The molecule has 3 rings (SSSR count). The molecule has 2 nitrogen and oxygen atoms in total. The zero-order valence-corrected chi connectivity index (χ0v) is 12.7. The highest BCUT2D eigenvalue weighted by molar-refractivity contribution is 5.39. The van der Waals surface area contributed by atoms with Crippen LogP contribution in [-0.2, 0) is 12.8 Å². The van der Waals surface area contributed by atoms with Crippen LogP contribution in [0, 0.1) is 5.41 Å². The summed E-state index contributed by atoms with van der Waals surface area (Å²) in [5.74, 6) is 1.09. The fourth-order valence-corrected chi connectivity index (χ4v) is 3.60. The minimum Gasteiger partial charge on any atom is -0.493 e. The molecular weight excluding hydrogens is 246 g/mol. The predicted octanol–water partition coefficient (Wildman–Crippen LogP) is 3.72. The lowest BCUT2D eigenvalue weighted by molar-refractivity contribution is 0.208. The maximum atomic E-state index is 5.56. The van der Waals surface area contributed by atoms with Gasteiger partial charge in [-0.3, -0.25) is 0 Å². The highest BCUT2D eigenvalue weighted by Crippen LogP contribution is 2.34. The van der Waals surface area contributed by atoms with E-state index in [9.17, 15) is 0 Å². The molecule has 2 heteroatoms. The van der Waals surface area contributed by atoms with Crippen molar-refractivity contribution in [2.24, 2.45) is 5.41 Å². The van der Waals surface area contributed by atoms with Crippen LogP contribution in [0.25, 0.3) is 0 Å². The minimum absolute atomic E-state index is 0.546. The number of nitrogens with one attached hydrogen (secondary N) is 1. The summed E-state index contributed by atoms with van der Waals surface area (Å²) in [5, 5.41) is 3.68. The zero-order valence-electron chi connectivity index (χ0n) is 12.7. The van der Waals surface area contributed by atoms with Gasteiger partial charge in [-0.25, -0.2) is 0 Å². The summed E-state index contributed by atoms with van der Waals surface area (Å²) in [6.45, 7) is 5.58. The van der Waals surface area contributed by atoms with Gasteiger partial charge in [0.15, 0.2) is 0 Å². The van der Waals surface area contributed by atoms with Crippen LogP contribution in [0.2, 0.25) is 0 Å². The van der Waals surface area contributed by atoms with Crippen LogP contribution >= 0.6 is 0 Å². The summed E-state index contributed by atoms with van der Waals surface area (Å²) >= 11 is 0. The summed E-state index contributed by atoms with van der Waals surface area (Å²) < 4.78 is 5.56. The second-order valence-corrected chi connectivity index (χ2v) is 6.84. The number of hydrogen-bond donors (Lipinski definition) is 1. The molecule has 1 saturated carbocycles. The topological polar surface area (TPSA) is 21.3 Å². The Labute approximate surface area is 122 Å². The molecule has 1 fully saturated rings. The second-order valence-electron chi connectivity index (χ2n) is 6.84. The second kappa shape index (κ2) is 6.17. The van der Waals surface area contributed by atoms with Gasteiger partial charge >= 0.3 is 0 Å². The highest BCUT2D eigenvalue weighted by Gasteiger charge is 2.25.